The quantitative estimate of drug-likeness (QED) is 0.839. The van der Waals surface area contributed by atoms with Crippen molar-refractivity contribution in [1.29, 1.82) is 0 Å². The van der Waals surface area contributed by atoms with E-state index in [4.69, 9.17) is 0 Å². The second-order valence-electron chi connectivity index (χ2n) is 4.47. The number of hydrogen-bond acceptors (Lipinski definition) is 3. The fourth-order valence-corrected chi connectivity index (χ4v) is 2.12. The van der Waals surface area contributed by atoms with E-state index in [0.717, 1.165) is 38.8 Å². The lowest BCUT2D eigenvalue weighted by atomic mass is 9.88. The van der Waals surface area contributed by atoms with Crippen molar-refractivity contribution in [2.45, 2.75) is 32.2 Å². The molecule has 86 valence electrons. The first-order valence-electron chi connectivity index (χ1n) is 5.96. The highest BCUT2D eigenvalue weighted by Gasteiger charge is 2.17. The molecule has 0 aliphatic heterocycles. The van der Waals surface area contributed by atoms with Gasteiger partial charge in [0.05, 0.1) is 0 Å². The first-order valence-corrected chi connectivity index (χ1v) is 5.96. The minimum Gasteiger partial charge on any atom is -0.312 e. The molecule has 1 aliphatic rings. The normalized spacial score (nSPS) is 17.6. The molecular weight excluding hydrogens is 200 g/mol. The van der Waals surface area contributed by atoms with Gasteiger partial charge in [-0.25, -0.2) is 0 Å². The van der Waals surface area contributed by atoms with Gasteiger partial charge in [0, 0.05) is 31.8 Å². The van der Waals surface area contributed by atoms with E-state index in [1.165, 1.54) is 5.56 Å². The zero-order valence-electron chi connectivity index (χ0n) is 9.48. The Morgan fingerprint density at radius 1 is 1.25 bits per heavy atom. The highest BCUT2D eigenvalue weighted by Crippen LogP contribution is 2.20. The Balaban J connectivity index is 1.67. The monoisotopic (exact) mass is 218 g/mol. The van der Waals surface area contributed by atoms with Crippen molar-refractivity contribution in [1.82, 2.24) is 10.3 Å². The summed E-state index contributed by atoms with van der Waals surface area (Å²) < 4.78 is 0. The Kier molecular flexibility index (Phi) is 4.05. The summed E-state index contributed by atoms with van der Waals surface area (Å²) in [6, 6.07) is 4.05. The Morgan fingerprint density at radius 3 is 2.62 bits per heavy atom. The third kappa shape index (κ3) is 3.42. The van der Waals surface area contributed by atoms with E-state index in [0.29, 0.717) is 11.7 Å². The van der Waals surface area contributed by atoms with Gasteiger partial charge in [0.2, 0.25) is 0 Å². The van der Waals surface area contributed by atoms with Gasteiger partial charge in [0.15, 0.2) is 0 Å². The Labute approximate surface area is 96.3 Å². The lowest BCUT2D eigenvalue weighted by Crippen LogP contribution is -2.26. The van der Waals surface area contributed by atoms with E-state index < -0.39 is 0 Å². The van der Waals surface area contributed by atoms with Crippen LogP contribution in [0.15, 0.2) is 24.5 Å². The van der Waals surface area contributed by atoms with Crippen LogP contribution < -0.4 is 5.32 Å². The zero-order valence-corrected chi connectivity index (χ0v) is 9.48. The second-order valence-corrected chi connectivity index (χ2v) is 4.47. The van der Waals surface area contributed by atoms with Crippen LogP contribution in [0.4, 0.5) is 0 Å². The average Bonchev–Trinajstić information content (AvgIpc) is 2.33. The number of carbonyl (C=O) groups is 1. The highest BCUT2D eigenvalue weighted by molar-refractivity contribution is 5.79. The Morgan fingerprint density at radius 2 is 1.94 bits per heavy atom. The maximum absolute atomic E-state index is 11.1. The molecule has 1 saturated carbocycles. The predicted molar refractivity (Wildman–Crippen MR) is 62.9 cm³/mol. The van der Waals surface area contributed by atoms with E-state index in [1.807, 2.05) is 24.5 Å². The van der Waals surface area contributed by atoms with Crippen molar-refractivity contribution in [3.63, 3.8) is 0 Å². The molecule has 1 fully saturated rings. The van der Waals surface area contributed by atoms with Crippen molar-refractivity contribution in [2.24, 2.45) is 5.92 Å². The summed E-state index contributed by atoms with van der Waals surface area (Å²) in [7, 11) is 0. The second kappa shape index (κ2) is 5.75. The molecule has 1 aliphatic carbocycles. The van der Waals surface area contributed by atoms with Crippen molar-refractivity contribution < 1.29 is 4.79 Å². The van der Waals surface area contributed by atoms with Crippen LogP contribution in [-0.4, -0.2) is 17.3 Å². The molecule has 0 atom stereocenters. The van der Waals surface area contributed by atoms with Crippen LogP contribution in [0.3, 0.4) is 0 Å². The smallest absolute Gasteiger partial charge is 0.132 e. The number of Topliss-reactive ketones (excluding diaryl/α,β-unsaturated/α-hetero) is 1. The number of nitrogens with zero attached hydrogens (tertiary/aromatic N) is 1. The summed E-state index contributed by atoms with van der Waals surface area (Å²) in [4.78, 5) is 15.1. The van der Waals surface area contributed by atoms with Gasteiger partial charge in [-0.2, -0.15) is 0 Å². The third-order valence-electron chi connectivity index (χ3n) is 3.17. The summed E-state index contributed by atoms with van der Waals surface area (Å²) in [6.45, 7) is 1.92. The third-order valence-corrected chi connectivity index (χ3v) is 3.17. The molecule has 3 heteroatoms. The summed E-state index contributed by atoms with van der Waals surface area (Å²) in [5, 5.41) is 3.45. The molecule has 1 aromatic heterocycles. The van der Waals surface area contributed by atoms with E-state index in [-0.39, 0.29) is 0 Å². The number of nitrogens with one attached hydrogen (secondary N) is 1. The molecule has 2 rings (SSSR count). The zero-order chi connectivity index (χ0) is 11.2. The van der Waals surface area contributed by atoms with Gasteiger partial charge in [-0.3, -0.25) is 9.78 Å². The number of ketones is 1. The number of aromatic nitrogens is 1. The Bertz CT molecular complexity index is 327. The number of pyridine rings is 1. The minimum absolute atomic E-state index is 0.436. The van der Waals surface area contributed by atoms with Crippen molar-refractivity contribution in [3.8, 4) is 0 Å². The fourth-order valence-electron chi connectivity index (χ4n) is 2.12. The molecule has 1 N–H and O–H groups in total. The van der Waals surface area contributed by atoms with E-state index in [9.17, 15) is 4.79 Å². The molecule has 0 radical (unpaired) electrons. The van der Waals surface area contributed by atoms with Gasteiger partial charge in [-0.1, -0.05) is 0 Å². The first-order chi connectivity index (χ1) is 7.84. The number of carbonyl (C=O) groups excluding carboxylic acids is 1. The fraction of sp³-hybridized carbons (Fsp3) is 0.538. The van der Waals surface area contributed by atoms with E-state index in [2.05, 4.69) is 10.3 Å². The number of rotatable bonds is 4. The van der Waals surface area contributed by atoms with Crippen LogP contribution in [0.25, 0.3) is 0 Å². The van der Waals surface area contributed by atoms with Crippen LogP contribution in [0.1, 0.15) is 31.2 Å². The molecule has 0 bridgehead atoms. The first kappa shape index (κ1) is 11.3. The lowest BCUT2D eigenvalue weighted by Gasteiger charge is -2.21. The van der Waals surface area contributed by atoms with E-state index >= 15 is 0 Å². The summed E-state index contributed by atoms with van der Waals surface area (Å²) >= 11 is 0. The van der Waals surface area contributed by atoms with Crippen molar-refractivity contribution in [2.75, 3.05) is 6.54 Å². The molecular formula is C13H18N2O. The molecule has 0 unspecified atom stereocenters. The maximum atomic E-state index is 11.1. The summed E-state index contributed by atoms with van der Waals surface area (Å²) in [5.74, 6) is 1.12. The minimum atomic E-state index is 0.436. The van der Waals surface area contributed by atoms with Gasteiger partial charge in [0.1, 0.15) is 5.78 Å². The molecule has 3 nitrogen and oxygen atoms in total. The van der Waals surface area contributed by atoms with Crippen molar-refractivity contribution >= 4 is 5.78 Å². The molecule has 1 aromatic rings. The predicted octanol–water partition coefficient (Wildman–Crippen LogP) is 1.93. The molecule has 0 aromatic carbocycles. The topological polar surface area (TPSA) is 42.0 Å². The van der Waals surface area contributed by atoms with Crippen LogP contribution >= 0.6 is 0 Å². The molecule has 0 saturated heterocycles. The average molecular weight is 218 g/mol. The lowest BCUT2D eigenvalue weighted by molar-refractivity contribution is -0.120. The van der Waals surface area contributed by atoms with Crippen molar-refractivity contribution in [3.05, 3.63) is 30.1 Å². The summed E-state index contributed by atoms with van der Waals surface area (Å²) in [6.07, 6.45) is 7.31. The van der Waals surface area contributed by atoms with Crippen LogP contribution in [-0.2, 0) is 11.3 Å². The van der Waals surface area contributed by atoms with Crippen LogP contribution in [0.5, 0.6) is 0 Å². The number of hydrogen-bond donors (Lipinski definition) is 1. The van der Waals surface area contributed by atoms with Crippen LogP contribution in [0, 0.1) is 5.92 Å². The van der Waals surface area contributed by atoms with Gasteiger partial charge in [-0.15, -0.1) is 0 Å². The van der Waals surface area contributed by atoms with Crippen LogP contribution in [0.2, 0.25) is 0 Å². The SMILES string of the molecule is O=C1CCC(CNCc2ccncc2)CC1. The molecule has 16 heavy (non-hydrogen) atoms. The van der Waals surface area contributed by atoms with Gasteiger partial charge in [-0.05, 0) is 43.0 Å². The summed E-state index contributed by atoms with van der Waals surface area (Å²) in [5.41, 5.74) is 1.27. The van der Waals surface area contributed by atoms with Gasteiger partial charge >= 0.3 is 0 Å². The van der Waals surface area contributed by atoms with E-state index in [1.54, 1.807) is 0 Å². The largest absolute Gasteiger partial charge is 0.312 e. The molecule has 0 amide bonds. The molecule has 0 spiro atoms. The van der Waals surface area contributed by atoms with Gasteiger partial charge < -0.3 is 5.32 Å². The molecule has 1 heterocycles. The maximum Gasteiger partial charge on any atom is 0.132 e. The van der Waals surface area contributed by atoms with Gasteiger partial charge in [0.25, 0.3) is 0 Å². The standard InChI is InChI=1S/C13H18N2O/c16-13-3-1-11(2-4-13)9-15-10-12-5-7-14-8-6-12/h5-8,11,15H,1-4,9-10H2. The Hall–Kier alpha value is -1.22. The highest BCUT2D eigenvalue weighted by atomic mass is 16.1.